The molecule has 0 aromatic carbocycles. The highest BCUT2D eigenvalue weighted by Crippen LogP contribution is 2.40. The summed E-state index contributed by atoms with van der Waals surface area (Å²) in [5.41, 5.74) is 0. The van der Waals surface area contributed by atoms with Gasteiger partial charge in [-0.2, -0.15) is 0 Å². The molecule has 0 saturated heterocycles. The van der Waals surface area contributed by atoms with Crippen LogP contribution in [-0.2, 0) is 15.8 Å². The minimum Gasteiger partial charge on any atom is -0.411 e. The van der Waals surface area contributed by atoms with Crippen molar-refractivity contribution in [2.45, 2.75) is 77.0 Å². The van der Waals surface area contributed by atoms with Gasteiger partial charge in [-0.3, -0.25) is 0 Å². The van der Waals surface area contributed by atoms with Crippen LogP contribution in [0, 0.1) is 0 Å². The average molecular weight is 308 g/mol. The first-order valence-corrected chi connectivity index (χ1v) is 10.8. The van der Waals surface area contributed by atoms with Crippen molar-refractivity contribution >= 4 is 8.32 Å². The molecule has 118 valence electrons. The minimum absolute atomic E-state index is 0.183. The van der Waals surface area contributed by atoms with Crippen LogP contribution in [-0.4, -0.2) is 30.5 Å². The normalized spacial score (nSPS) is 23.5. The van der Waals surface area contributed by atoms with Gasteiger partial charge in [0.15, 0.2) is 14.1 Å². The Hall–Kier alpha value is -0.783. The van der Waals surface area contributed by atoms with E-state index in [1.165, 1.54) is 6.42 Å². The second kappa shape index (κ2) is 6.54. The van der Waals surface area contributed by atoms with Crippen LogP contribution >= 0.6 is 0 Å². The van der Waals surface area contributed by atoms with Crippen LogP contribution < -0.4 is 0 Å². The summed E-state index contributed by atoms with van der Waals surface area (Å²) in [6.07, 6.45) is 7.28. The van der Waals surface area contributed by atoms with Crippen molar-refractivity contribution in [3.8, 4) is 0 Å². The lowest BCUT2D eigenvalue weighted by molar-refractivity contribution is -0.0244. The van der Waals surface area contributed by atoms with Gasteiger partial charge in [-0.15, -0.1) is 0 Å². The molecule has 0 aliphatic heterocycles. The standard InChI is InChI=1S/C16H28N2O2Si/c1-16(2,3)21(4,5)20-14-9-6-8-13(14)19-12-15-17-10-7-11-18-15/h7,10-11,13-14H,6,8-9,12H2,1-5H3/t13-,14?/m0/s1. The van der Waals surface area contributed by atoms with E-state index >= 15 is 0 Å². The van der Waals surface area contributed by atoms with Crippen LogP contribution in [0.1, 0.15) is 45.9 Å². The van der Waals surface area contributed by atoms with Crippen molar-refractivity contribution in [2.75, 3.05) is 0 Å². The Morgan fingerprint density at radius 2 is 1.76 bits per heavy atom. The van der Waals surface area contributed by atoms with E-state index in [4.69, 9.17) is 9.16 Å². The van der Waals surface area contributed by atoms with Crippen molar-refractivity contribution < 1.29 is 9.16 Å². The van der Waals surface area contributed by atoms with E-state index < -0.39 is 8.32 Å². The van der Waals surface area contributed by atoms with Gasteiger partial charge in [-0.05, 0) is 43.5 Å². The zero-order chi connectivity index (χ0) is 15.5. The second-order valence-electron chi connectivity index (χ2n) is 7.36. The molecule has 1 aromatic rings. The summed E-state index contributed by atoms with van der Waals surface area (Å²) in [5.74, 6) is 0.746. The smallest absolute Gasteiger partial charge is 0.192 e. The molecule has 0 amide bonds. The fraction of sp³-hybridized carbons (Fsp3) is 0.750. The molecule has 2 rings (SSSR count). The third-order valence-electron chi connectivity index (χ3n) is 4.69. The summed E-state index contributed by atoms with van der Waals surface area (Å²) in [6.45, 7) is 11.9. The molecule has 1 aliphatic rings. The number of nitrogens with zero attached hydrogens (tertiary/aromatic N) is 2. The van der Waals surface area contributed by atoms with E-state index in [1.807, 2.05) is 6.07 Å². The summed E-state index contributed by atoms with van der Waals surface area (Å²) in [6, 6.07) is 1.82. The number of aromatic nitrogens is 2. The summed E-state index contributed by atoms with van der Waals surface area (Å²) in [5, 5.41) is 0.239. The zero-order valence-electron chi connectivity index (χ0n) is 13.9. The lowest BCUT2D eigenvalue weighted by Crippen LogP contribution is -2.46. The van der Waals surface area contributed by atoms with Crippen LogP contribution in [0.3, 0.4) is 0 Å². The molecule has 2 atom stereocenters. The maximum absolute atomic E-state index is 6.54. The van der Waals surface area contributed by atoms with Crippen molar-refractivity contribution in [3.05, 3.63) is 24.3 Å². The lowest BCUT2D eigenvalue weighted by Gasteiger charge is -2.39. The van der Waals surface area contributed by atoms with Crippen molar-refractivity contribution in [1.82, 2.24) is 9.97 Å². The summed E-state index contributed by atoms with van der Waals surface area (Å²) in [4.78, 5) is 8.42. The van der Waals surface area contributed by atoms with Crippen molar-refractivity contribution in [1.29, 1.82) is 0 Å². The fourth-order valence-corrected chi connectivity index (χ4v) is 3.74. The maximum Gasteiger partial charge on any atom is 0.192 e. The Morgan fingerprint density at radius 1 is 1.14 bits per heavy atom. The van der Waals surface area contributed by atoms with Gasteiger partial charge >= 0.3 is 0 Å². The average Bonchev–Trinajstić information content (AvgIpc) is 2.83. The molecule has 1 aliphatic carbocycles. The van der Waals surface area contributed by atoms with Gasteiger partial charge < -0.3 is 9.16 Å². The van der Waals surface area contributed by atoms with E-state index in [1.54, 1.807) is 12.4 Å². The van der Waals surface area contributed by atoms with Gasteiger partial charge in [0.25, 0.3) is 0 Å². The highest BCUT2D eigenvalue weighted by Gasteiger charge is 2.42. The molecule has 1 heterocycles. The molecule has 4 nitrogen and oxygen atoms in total. The highest BCUT2D eigenvalue weighted by atomic mass is 28.4. The number of rotatable bonds is 5. The molecule has 21 heavy (non-hydrogen) atoms. The van der Waals surface area contributed by atoms with Crippen molar-refractivity contribution in [3.63, 3.8) is 0 Å². The fourth-order valence-electron chi connectivity index (χ4n) is 2.36. The Morgan fingerprint density at radius 3 is 2.38 bits per heavy atom. The van der Waals surface area contributed by atoms with E-state index in [0.29, 0.717) is 6.61 Å². The SMILES string of the molecule is CC(C)(C)[Si](C)(C)OC1CCC[C@@H]1OCc1ncccn1. The molecule has 0 spiro atoms. The Balaban J connectivity index is 1.91. The van der Waals surface area contributed by atoms with E-state index in [-0.39, 0.29) is 17.2 Å². The molecule has 0 radical (unpaired) electrons. The predicted octanol–water partition coefficient (Wildman–Crippen LogP) is 3.94. The highest BCUT2D eigenvalue weighted by molar-refractivity contribution is 6.74. The van der Waals surface area contributed by atoms with Gasteiger partial charge in [-0.25, -0.2) is 9.97 Å². The number of hydrogen-bond donors (Lipinski definition) is 0. The molecular weight excluding hydrogens is 280 g/mol. The van der Waals surface area contributed by atoms with Gasteiger partial charge in [0.2, 0.25) is 0 Å². The largest absolute Gasteiger partial charge is 0.411 e. The third-order valence-corrected chi connectivity index (χ3v) is 9.19. The number of ether oxygens (including phenoxy) is 1. The van der Waals surface area contributed by atoms with Gasteiger partial charge in [0.05, 0.1) is 12.2 Å². The van der Waals surface area contributed by atoms with Gasteiger partial charge in [0, 0.05) is 12.4 Å². The summed E-state index contributed by atoms with van der Waals surface area (Å²) >= 11 is 0. The molecule has 1 aromatic heterocycles. The monoisotopic (exact) mass is 308 g/mol. The van der Waals surface area contributed by atoms with Gasteiger partial charge in [0.1, 0.15) is 6.61 Å². The molecule has 0 N–H and O–H groups in total. The predicted molar refractivity (Wildman–Crippen MR) is 86.5 cm³/mol. The van der Waals surface area contributed by atoms with Crippen LogP contribution in [0.5, 0.6) is 0 Å². The Bertz CT molecular complexity index is 445. The lowest BCUT2D eigenvalue weighted by atomic mass is 10.2. The minimum atomic E-state index is -1.73. The first-order chi connectivity index (χ1) is 9.79. The summed E-state index contributed by atoms with van der Waals surface area (Å²) < 4.78 is 12.6. The molecule has 0 bridgehead atoms. The van der Waals surface area contributed by atoms with Crippen LogP contribution in [0.15, 0.2) is 18.5 Å². The summed E-state index contributed by atoms with van der Waals surface area (Å²) in [7, 11) is -1.73. The molecular formula is C16H28N2O2Si. The number of hydrogen-bond acceptors (Lipinski definition) is 4. The third kappa shape index (κ3) is 4.34. The topological polar surface area (TPSA) is 44.2 Å². The first kappa shape index (κ1) is 16.6. The van der Waals surface area contributed by atoms with Gasteiger partial charge in [-0.1, -0.05) is 20.8 Å². The molecule has 1 saturated carbocycles. The van der Waals surface area contributed by atoms with E-state index in [9.17, 15) is 0 Å². The van der Waals surface area contributed by atoms with Crippen LogP contribution in [0.2, 0.25) is 18.1 Å². The zero-order valence-corrected chi connectivity index (χ0v) is 14.9. The quantitative estimate of drug-likeness (QED) is 0.773. The second-order valence-corrected chi connectivity index (χ2v) is 12.1. The maximum atomic E-state index is 6.54. The van der Waals surface area contributed by atoms with Crippen LogP contribution in [0.25, 0.3) is 0 Å². The van der Waals surface area contributed by atoms with E-state index in [0.717, 1.165) is 18.7 Å². The first-order valence-electron chi connectivity index (χ1n) is 7.85. The Kier molecular flexibility index (Phi) is 5.17. The Labute approximate surface area is 129 Å². The van der Waals surface area contributed by atoms with E-state index in [2.05, 4.69) is 43.8 Å². The van der Waals surface area contributed by atoms with Crippen LogP contribution in [0.4, 0.5) is 0 Å². The molecule has 5 heteroatoms. The van der Waals surface area contributed by atoms with Crippen molar-refractivity contribution in [2.24, 2.45) is 0 Å². The molecule has 1 fully saturated rings. The molecule has 1 unspecified atom stereocenters.